The summed E-state index contributed by atoms with van der Waals surface area (Å²) in [6.45, 7) is -0.677. The van der Waals surface area contributed by atoms with Gasteiger partial charge in [-0.05, 0) is 24.6 Å². The Hall–Kier alpha value is -2.99. The normalized spacial score (nSPS) is 21.3. The summed E-state index contributed by atoms with van der Waals surface area (Å²) in [6.07, 6.45) is -5.16. The zero-order chi connectivity index (χ0) is 23.1. The van der Waals surface area contributed by atoms with Gasteiger partial charge in [0.05, 0.1) is 35.0 Å². The number of aromatic hydroxyl groups is 1. The predicted molar refractivity (Wildman–Crippen MR) is 89.5 cm³/mol. The molecule has 15 heteroatoms. The highest BCUT2D eigenvalue weighted by Crippen LogP contribution is 2.51. The zero-order valence-corrected chi connectivity index (χ0v) is 15.8. The Morgan fingerprint density at radius 2 is 1.81 bits per heavy atom. The summed E-state index contributed by atoms with van der Waals surface area (Å²) in [5.41, 5.74) is -9.68. The first-order valence-corrected chi connectivity index (χ1v) is 9.90. The second-order valence-electron chi connectivity index (χ2n) is 6.96. The number of rotatable bonds is 2. The van der Waals surface area contributed by atoms with Crippen molar-refractivity contribution in [3.8, 4) is 17.6 Å². The van der Waals surface area contributed by atoms with Crippen molar-refractivity contribution in [1.82, 2.24) is 13.4 Å². The van der Waals surface area contributed by atoms with Gasteiger partial charge >= 0.3 is 27.4 Å². The van der Waals surface area contributed by atoms with Crippen molar-refractivity contribution in [2.75, 3.05) is 6.54 Å². The number of halogens is 6. The van der Waals surface area contributed by atoms with Gasteiger partial charge in [0, 0.05) is 6.54 Å². The molecular weight excluding hydrogens is 458 g/mol. The van der Waals surface area contributed by atoms with Crippen molar-refractivity contribution in [2.24, 2.45) is 0 Å². The molecule has 2 bridgehead atoms. The molecule has 8 nitrogen and oxygen atoms in total. The molecular formula is C16H10F6N4O4S. The van der Waals surface area contributed by atoms with E-state index in [4.69, 9.17) is 5.26 Å². The Morgan fingerprint density at radius 3 is 2.35 bits per heavy atom. The largest absolute Gasteiger partial charge is 0.511 e. The Bertz CT molecular complexity index is 1300. The van der Waals surface area contributed by atoms with Gasteiger partial charge in [-0.2, -0.15) is 35.9 Å². The van der Waals surface area contributed by atoms with Gasteiger partial charge in [0.2, 0.25) is 5.88 Å². The summed E-state index contributed by atoms with van der Waals surface area (Å²) in [5.74, 6) is -0.975. The van der Waals surface area contributed by atoms with Gasteiger partial charge < -0.3 is 5.11 Å². The first-order valence-electron chi connectivity index (χ1n) is 8.46. The first-order chi connectivity index (χ1) is 14.2. The van der Waals surface area contributed by atoms with E-state index in [1.54, 1.807) is 0 Å². The van der Waals surface area contributed by atoms with Crippen LogP contribution < -0.4 is 5.69 Å². The van der Waals surface area contributed by atoms with Crippen LogP contribution in [-0.2, 0) is 16.2 Å². The number of nitriles is 1. The van der Waals surface area contributed by atoms with Crippen molar-refractivity contribution in [3.63, 3.8) is 0 Å². The number of hydrogen-bond donors (Lipinski definition) is 1. The lowest BCUT2D eigenvalue weighted by Gasteiger charge is -2.27. The van der Waals surface area contributed by atoms with Crippen molar-refractivity contribution in [1.29, 1.82) is 5.26 Å². The number of fused-ring (bicyclic) bond motifs is 5. The fourth-order valence-electron chi connectivity index (χ4n) is 4.04. The predicted octanol–water partition coefficient (Wildman–Crippen LogP) is 2.39. The molecule has 4 rings (SSSR count). The highest BCUT2D eigenvalue weighted by atomic mass is 32.2. The molecule has 0 saturated carbocycles. The van der Waals surface area contributed by atoms with E-state index in [0.717, 1.165) is 16.7 Å². The molecule has 0 radical (unpaired) electrons. The van der Waals surface area contributed by atoms with Crippen LogP contribution in [0.2, 0.25) is 0 Å². The number of alkyl halides is 6. The molecule has 166 valence electrons. The zero-order valence-electron chi connectivity index (χ0n) is 14.9. The molecule has 1 saturated heterocycles. The van der Waals surface area contributed by atoms with Crippen LogP contribution in [-0.4, -0.2) is 39.0 Å². The van der Waals surface area contributed by atoms with Crippen LogP contribution in [0.3, 0.4) is 0 Å². The number of aromatic nitrogens is 2. The van der Waals surface area contributed by atoms with Crippen LogP contribution in [0.1, 0.15) is 35.3 Å². The van der Waals surface area contributed by atoms with Crippen LogP contribution >= 0.6 is 0 Å². The van der Waals surface area contributed by atoms with Gasteiger partial charge in [0.25, 0.3) is 0 Å². The van der Waals surface area contributed by atoms with Gasteiger partial charge in [-0.25, -0.2) is 17.8 Å². The fourth-order valence-corrected chi connectivity index (χ4v) is 5.20. The molecule has 1 aromatic heterocycles. The minimum absolute atomic E-state index is 0.121. The van der Waals surface area contributed by atoms with E-state index in [0.29, 0.717) is 10.6 Å². The Morgan fingerprint density at radius 1 is 1.16 bits per heavy atom. The van der Waals surface area contributed by atoms with E-state index in [9.17, 15) is 44.7 Å². The minimum Gasteiger partial charge on any atom is -0.493 e. The quantitative estimate of drug-likeness (QED) is 0.681. The summed E-state index contributed by atoms with van der Waals surface area (Å²) in [6, 6.07) is 0.997. The Kier molecular flexibility index (Phi) is 4.29. The van der Waals surface area contributed by atoms with E-state index in [2.05, 4.69) is 0 Å². The van der Waals surface area contributed by atoms with Crippen molar-refractivity contribution >= 4 is 10.0 Å². The van der Waals surface area contributed by atoms with Crippen LogP contribution in [0.4, 0.5) is 26.3 Å². The maximum Gasteiger partial charge on any atom is 0.511 e. The summed E-state index contributed by atoms with van der Waals surface area (Å²) in [5, 5.41) is 19.4. The molecule has 0 spiro atoms. The number of hydrogen-bond acceptors (Lipinski definition) is 5. The molecule has 2 aliphatic heterocycles. The average Bonchev–Trinajstić information content (AvgIpc) is 3.31. The fraction of sp³-hybridized carbons (Fsp3) is 0.375. The third kappa shape index (κ3) is 2.85. The van der Waals surface area contributed by atoms with Crippen LogP contribution in [0.25, 0.3) is 5.69 Å². The maximum atomic E-state index is 13.2. The molecule has 2 aromatic rings. The van der Waals surface area contributed by atoms with Gasteiger partial charge in [-0.1, -0.05) is 0 Å². The average molecular weight is 468 g/mol. The Labute approximate surface area is 169 Å². The van der Waals surface area contributed by atoms with E-state index in [1.807, 2.05) is 0 Å². The molecule has 31 heavy (non-hydrogen) atoms. The smallest absolute Gasteiger partial charge is 0.493 e. The number of sulfonamides is 1. The second-order valence-corrected chi connectivity index (χ2v) is 8.84. The molecule has 1 N–H and O–H groups in total. The molecule has 0 aliphatic carbocycles. The third-order valence-electron chi connectivity index (χ3n) is 5.30. The standard InChI is InChI=1S/C16H10F6N4O4S/c17-15(18,19)10-3-8(2-1-7(10)5-23)26-13(27)12-11-4-9(25(12)14(26)28)6-24(11)31(29,30)16(20,21)22/h1-3,9,11,27H,4,6H2. The van der Waals surface area contributed by atoms with Crippen molar-refractivity contribution < 1.29 is 39.9 Å². The molecule has 2 unspecified atom stereocenters. The van der Waals surface area contributed by atoms with Crippen molar-refractivity contribution in [2.45, 2.75) is 30.2 Å². The SMILES string of the molecule is N#Cc1ccc(-n2c(O)c3n(c2=O)C2CC3N(S(=O)(=O)C(F)(F)F)C2)cc1C(F)(F)F. The van der Waals surface area contributed by atoms with Crippen molar-refractivity contribution in [3.05, 3.63) is 45.5 Å². The molecule has 0 amide bonds. The minimum atomic E-state index is -5.76. The number of nitrogens with zero attached hydrogens (tertiary/aromatic N) is 4. The number of benzene rings is 1. The maximum absolute atomic E-state index is 13.2. The third-order valence-corrected chi connectivity index (χ3v) is 6.91. The lowest BCUT2D eigenvalue weighted by molar-refractivity contribution is -0.137. The second kappa shape index (κ2) is 6.26. The number of imidazole rings is 1. The summed E-state index contributed by atoms with van der Waals surface area (Å²) in [7, 11) is -5.76. The summed E-state index contributed by atoms with van der Waals surface area (Å²) >= 11 is 0. The van der Waals surface area contributed by atoms with E-state index < -0.39 is 74.4 Å². The van der Waals surface area contributed by atoms with E-state index >= 15 is 0 Å². The van der Waals surface area contributed by atoms with Gasteiger partial charge in [0.1, 0.15) is 5.69 Å². The molecule has 2 atom stereocenters. The Balaban J connectivity index is 1.87. The van der Waals surface area contributed by atoms with Crippen LogP contribution in [0, 0.1) is 11.3 Å². The monoisotopic (exact) mass is 468 g/mol. The van der Waals surface area contributed by atoms with Crippen LogP contribution in [0.5, 0.6) is 5.88 Å². The van der Waals surface area contributed by atoms with Gasteiger partial charge in [0.15, 0.2) is 0 Å². The highest BCUT2D eigenvalue weighted by molar-refractivity contribution is 7.90. The lowest BCUT2D eigenvalue weighted by Crippen LogP contribution is -2.43. The first kappa shape index (κ1) is 21.2. The van der Waals surface area contributed by atoms with Gasteiger partial charge in [-0.3, -0.25) is 4.57 Å². The highest BCUT2D eigenvalue weighted by Gasteiger charge is 2.59. The lowest BCUT2D eigenvalue weighted by atomic mass is 10.1. The van der Waals surface area contributed by atoms with E-state index in [1.165, 1.54) is 6.07 Å². The van der Waals surface area contributed by atoms with Gasteiger partial charge in [-0.15, -0.1) is 0 Å². The topological polar surface area (TPSA) is 108 Å². The molecule has 3 heterocycles. The summed E-state index contributed by atoms with van der Waals surface area (Å²) in [4.78, 5) is 12.8. The van der Waals surface area contributed by atoms with E-state index in [-0.39, 0.29) is 10.7 Å². The van der Waals surface area contributed by atoms with Crippen LogP contribution in [0.15, 0.2) is 23.0 Å². The molecule has 2 aliphatic rings. The summed E-state index contributed by atoms with van der Waals surface area (Å²) < 4.78 is 104. The molecule has 1 aromatic carbocycles. The molecule has 1 fully saturated rings.